The Morgan fingerprint density at radius 2 is 2.08 bits per heavy atom. The molecule has 1 unspecified atom stereocenters. The summed E-state index contributed by atoms with van der Waals surface area (Å²) < 4.78 is 84.6. The van der Waals surface area contributed by atoms with Crippen LogP contribution in [-0.4, -0.2) is 53.3 Å². The summed E-state index contributed by atoms with van der Waals surface area (Å²) in [7, 11) is 0. The average Bonchev–Trinajstić information content (AvgIpc) is 3.36. The minimum absolute atomic E-state index is 0.174. The molecule has 0 fully saturated rings. The van der Waals surface area contributed by atoms with Gasteiger partial charge in [0.15, 0.2) is 0 Å². The van der Waals surface area contributed by atoms with Gasteiger partial charge >= 0.3 is 12.4 Å². The van der Waals surface area contributed by atoms with Gasteiger partial charge in [0.25, 0.3) is 0 Å². The fourth-order valence-corrected chi connectivity index (χ4v) is 3.18. The molecule has 0 bridgehead atoms. The van der Waals surface area contributed by atoms with Crippen molar-refractivity contribution in [3.05, 3.63) is 57.7 Å². The molecule has 10 nitrogen and oxygen atoms in total. The lowest BCUT2D eigenvalue weighted by molar-refractivity contribution is -0.141. The smallest absolute Gasteiger partial charge is 0.432 e. The highest BCUT2D eigenvalue weighted by Crippen LogP contribution is 2.43. The monoisotopic (exact) mass is 569 g/mol. The van der Waals surface area contributed by atoms with Gasteiger partial charge in [-0.15, -0.1) is 12.3 Å². The highest BCUT2D eigenvalue weighted by Gasteiger charge is 2.34. The maximum atomic E-state index is 13.3. The second-order valence-corrected chi connectivity index (χ2v) is 7.86. The molecule has 0 saturated carbocycles. The van der Waals surface area contributed by atoms with E-state index in [0.717, 1.165) is 19.2 Å². The summed E-state index contributed by atoms with van der Waals surface area (Å²) in [4.78, 5) is 18.1. The molecule has 3 N–H and O–H groups in total. The van der Waals surface area contributed by atoms with E-state index in [9.17, 15) is 36.2 Å². The van der Waals surface area contributed by atoms with Gasteiger partial charge in [-0.05, 0) is 43.4 Å². The normalized spacial score (nSPS) is 13.2. The van der Waals surface area contributed by atoms with Gasteiger partial charge in [-0.1, -0.05) is 5.11 Å². The number of alkyl halides is 6. The van der Waals surface area contributed by atoms with Crippen molar-refractivity contribution in [2.24, 2.45) is 10.1 Å². The lowest BCUT2D eigenvalue weighted by Gasteiger charge is -2.17. The first-order valence-electron chi connectivity index (χ1n) is 11.0. The molecular formula is C24H21F6N7O3. The molecule has 0 radical (unpaired) electrons. The zero-order chi connectivity index (χ0) is 30.1. The Labute approximate surface area is 223 Å². The Morgan fingerprint density at radius 3 is 2.62 bits per heavy atom. The number of terminal acetylenes is 1. The second-order valence-electron chi connectivity index (χ2n) is 7.86. The molecule has 1 aromatic carbocycles. The van der Waals surface area contributed by atoms with Gasteiger partial charge in [-0.2, -0.15) is 31.4 Å². The molecule has 212 valence electrons. The van der Waals surface area contributed by atoms with Gasteiger partial charge in [0, 0.05) is 34.2 Å². The van der Waals surface area contributed by atoms with Crippen LogP contribution < -0.4 is 10.1 Å². The Hall–Kier alpha value is -4.90. The first-order valence-corrected chi connectivity index (χ1v) is 11.0. The average molecular weight is 569 g/mol. The molecule has 1 amide bonds. The third kappa shape index (κ3) is 8.05. The number of aliphatic imine (C=N–C) groups is 1. The maximum absolute atomic E-state index is 13.3. The third-order valence-electron chi connectivity index (χ3n) is 5.10. The van der Waals surface area contributed by atoms with E-state index >= 15 is 0 Å². The lowest BCUT2D eigenvalue weighted by atomic mass is 9.97. The largest absolute Gasteiger partial charge is 0.506 e. The van der Waals surface area contributed by atoms with Crippen LogP contribution in [0.3, 0.4) is 0 Å². The number of nitrogens with one attached hydrogen (secondary N) is 2. The minimum atomic E-state index is -4.78. The topological polar surface area (TPSA) is 148 Å². The number of ether oxygens (including phenoxy) is 1. The standard InChI is InChI=1S/C24H21F6N7O3/c1-4-5-16(35-37-31)22(39)33-8-9-40-18-7-6-15(17-11-19(36-34-17)24(28,29)30)21(38)20(18)14(12-32-3)10-13(2)23(25,26)27/h1,6-7,10-12,16,38H,3,5,8-9H2,2H3,(H,33,39)(H,34,36)/b13-10+,14-12+. The van der Waals surface area contributed by atoms with Crippen molar-refractivity contribution in [2.45, 2.75) is 31.7 Å². The van der Waals surface area contributed by atoms with Crippen molar-refractivity contribution in [1.29, 1.82) is 0 Å². The first-order chi connectivity index (χ1) is 18.7. The molecular weight excluding hydrogens is 548 g/mol. The van der Waals surface area contributed by atoms with Crippen LogP contribution >= 0.6 is 0 Å². The number of azide groups is 1. The number of H-pyrrole nitrogens is 1. The highest BCUT2D eigenvalue weighted by atomic mass is 19.4. The van der Waals surface area contributed by atoms with Crippen molar-refractivity contribution < 1.29 is 41.0 Å². The number of aromatic nitrogens is 2. The number of rotatable bonds is 11. The van der Waals surface area contributed by atoms with Crippen LogP contribution in [0.15, 0.2) is 46.2 Å². The molecule has 1 atom stereocenters. The molecule has 0 spiro atoms. The fraction of sp³-hybridized carbons (Fsp3) is 0.292. The van der Waals surface area contributed by atoms with Crippen molar-refractivity contribution >= 4 is 18.2 Å². The number of phenolic OH excluding ortho intramolecular Hbond substituents is 1. The van der Waals surface area contributed by atoms with Crippen LogP contribution in [-0.2, 0) is 11.0 Å². The van der Waals surface area contributed by atoms with E-state index in [0.29, 0.717) is 12.1 Å². The van der Waals surface area contributed by atoms with Gasteiger partial charge in [0.1, 0.15) is 29.8 Å². The molecule has 16 heteroatoms. The predicted octanol–water partition coefficient (Wildman–Crippen LogP) is 5.55. The molecule has 0 aliphatic carbocycles. The lowest BCUT2D eigenvalue weighted by Crippen LogP contribution is -2.35. The Bertz CT molecular complexity index is 1400. The van der Waals surface area contributed by atoms with E-state index in [2.05, 4.69) is 38.1 Å². The molecule has 1 heterocycles. The Morgan fingerprint density at radius 1 is 1.38 bits per heavy atom. The molecule has 2 rings (SSSR count). The van der Waals surface area contributed by atoms with Gasteiger partial charge in [0.2, 0.25) is 5.91 Å². The number of hydrogen-bond donors (Lipinski definition) is 3. The second kappa shape index (κ2) is 13.3. The first kappa shape index (κ1) is 31.3. The predicted molar refractivity (Wildman–Crippen MR) is 133 cm³/mol. The Balaban J connectivity index is 2.51. The van der Waals surface area contributed by atoms with Crippen LogP contribution in [0, 0.1) is 12.3 Å². The molecule has 0 saturated heterocycles. The number of allylic oxidation sites excluding steroid dienone is 3. The van der Waals surface area contributed by atoms with E-state index in [4.69, 9.17) is 16.7 Å². The van der Waals surface area contributed by atoms with Gasteiger partial charge in [0.05, 0.1) is 17.8 Å². The van der Waals surface area contributed by atoms with Gasteiger partial charge in [-0.25, -0.2) is 0 Å². The SMILES string of the molecule is C#CCC(N=[N+]=[N-])C(=O)NCCOc1ccc(-c2cc(C(F)(F)F)[nH]n2)c(O)c1C(=C/N=C)/C=C(\C)C(F)(F)F. The van der Waals surface area contributed by atoms with Crippen molar-refractivity contribution in [3.63, 3.8) is 0 Å². The molecule has 2 aromatic rings. The van der Waals surface area contributed by atoms with Crippen LogP contribution in [0.5, 0.6) is 11.5 Å². The summed E-state index contributed by atoms with van der Waals surface area (Å²) >= 11 is 0. The van der Waals surface area contributed by atoms with Crippen LogP contribution in [0.2, 0.25) is 0 Å². The zero-order valence-corrected chi connectivity index (χ0v) is 20.6. The zero-order valence-electron chi connectivity index (χ0n) is 20.6. The van der Waals surface area contributed by atoms with Gasteiger partial charge < -0.3 is 15.2 Å². The molecule has 1 aromatic heterocycles. The van der Waals surface area contributed by atoms with E-state index in [-0.39, 0.29) is 47.7 Å². The quantitative estimate of drug-likeness (QED) is 0.0476. The fourth-order valence-electron chi connectivity index (χ4n) is 3.18. The van der Waals surface area contributed by atoms with Crippen LogP contribution in [0.25, 0.3) is 27.3 Å². The summed E-state index contributed by atoms with van der Waals surface area (Å²) in [6.45, 7) is 3.48. The van der Waals surface area contributed by atoms with Crippen molar-refractivity contribution in [1.82, 2.24) is 15.5 Å². The van der Waals surface area contributed by atoms with E-state index < -0.39 is 41.3 Å². The summed E-state index contributed by atoms with van der Waals surface area (Å²) in [5.41, 5.74) is 4.91. The van der Waals surface area contributed by atoms with E-state index in [1.807, 2.05) is 0 Å². The van der Waals surface area contributed by atoms with Crippen molar-refractivity contribution in [2.75, 3.05) is 13.2 Å². The van der Waals surface area contributed by atoms with Gasteiger partial charge in [-0.3, -0.25) is 14.9 Å². The number of halogens is 6. The minimum Gasteiger partial charge on any atom is -0.506 e. The van der Waals surface area contributed by atoms with Crippen LogP contribution in [0.4, 0.5) is 26.3 Å². The number of amides is 1. The summed E-state index contributed by atoms with van der Waals surface area (Å²) in [6, 6.07) is 1.75. The number of carbonyl (C=O) groups excluding carboxylic acids is 1. The number of carbonyl (C=O) groups is 1. The van der Waals surface area contributed by atoms with Crippen LogP contribution in [0.1, 0.15) is 24.6 Å². The number of aromatic amines is 1. The maximum Gasteiger partial charge on any atom is 0.432 e. The Kier molecular flexibility index (Phi) is 10.4. The molecule has 0 aliphatic heterocycles. The number of nitrogens with zero attached hydrogens (tertiary/aromatic N) is 5. The number of benzene rings is 1. The highest BCUT2D eigenvalue weighted by molar-refractivity contribution is 5.87. The molecule has 0 aliphatic rings. The third-order valence-corrected chi connectivity index (χ3v) is 5.10. The number of aromatic hydroxyl groups is 1. The van der Waals surface area contributed by atoms with E-state index in [1.54, 1.807) is 5.10 Å². The summed E-state index contributed by atoms with van der Waals surface area (Å²) in [5, 5.41) is 22.0. The summed E-state index contributed by atoms with van der Waals surface area (Å²) in [5.74, 6) is 0.498. The van der Waals surface area contributed by atoms with E-state index in [1.165, 1.54) is 6.07 Å². The number of phenols is 1. The van der Waals surface area contributed by atoms with Crippen molar-refractivity contribution in [3.8, 4) is 35.1 Å². The number of hydrogen-bond acceptors (Lipinski definition) is 6. The molecule has 40 heavy (non-hydrogen) atoms. The summed E-state index contributed by atoms with van der Waals surface area (Å²) in [6.07, 6.45) is -3.05.